The zero-order valence-corrected chi connectivity index (χ0v) is 20.7. The number of rotatable bonds is 7. The summed E-state index contributed by atoms with van der Waals surface area (Å²) in [5, 5.41) is 7.79. The van der Waals surface area contributed by atoms with Crippen LogP contribution in [-0.4, -0.2) is 69.2 Å². The first-order valence-corrected chi connectivity index (χ1v) is 12.0. The van der Waals surface area contributed by atoms with Crippen LogP contribution < -0.4 is 5.32 Å². The van der Waals surface area contributed by atoms with E-state index in [0.717, 1.165) is 28.9 Å². The van der Waals surface area contributed by atoms with Crippen molar-refractivity contribution >= 4 is 34.9 Å². The second-order valence-corrected chi connectivity index (χ2v) is 8.63. The second-order valence-electron chi connectivity index (χ2n) is 8.63. The van der Waals surface area contributed by atoms with Crippen LogP contribution in [0, 0.1) is 0 Å². The molecule has 0 saturated carbocycles. The average molecular weight is 477 g/mol. The normalized spacial score (nSPS) is 14.4. The van der Waals surface area contributed by atoms with Crippen molar-refractivity contribution in [1.29, 1.82) is 0 Å². The third-order valence-electron chi connectivity index (χ3n) is 6.40. The number of aromatic nitrogens is 3. The van der Waals surface area contributed by atoms with Gasteiger partial charge in [0.05, 0.1) is 6.61 Å². The van der Waals surface area contributed by atoms with Gasteiger partial charge in [0.15, 0.2) is 5.65 Å². The number of benzene rings is 1. The summed E-state index contributed by atoms with van der Waals surface area (Å²) in [6.07, 6.45) is 5.24. The van der Waals surface area contributed by atoms with Gasteiger partial charge < -0.3 is 19.9 Å². The number of anilines is 2. The molecule has 0 aliphatic carbocycles. The highest BCUT2D eigenvalue weighted by molar-refractivity contribution is 5.94. The highest BCUT2D eigenvalue weighted by Gasteiger charge is 2.21. The summed E-state index contributed by atoms with van der Waals surface area (Å²) < 4.78 is 6.85. The average Bonchev–Trinajstić information content (AvgIpc) is 3.30. The first-order chi connectivity index (χ1) is 16.9. The Labute approximate surface area is 205 Å². The van der Waals surface area contributed by atoms with Gasteiger partial charge in [-0.2, -0.15) is 4.98 Å². The third-order valence-corrected chi connectivity index (χ3v) is 6.40. The SMILES string of the molecule is CCOC(=O)N1CC=C(c2cccn3nc(Nc4ccc(C(=O)N(C)C(C)CC)cc4)nc23)CC1. The maximum atomic E-state index is 12.7. The van der Waals surface area contributed by atoms with Gasteiger partial charge in [0.25, 0.3) is 5.91 Å². The number of ether oxygens (including phenoxy) is 1. The van der Waals surface area contributed by atoms with Crippen LogP contribution in [-0.2, 0) is 4.74 Å². The molecule has 2 aromatic heterocycles. The molecule has 9 heteroatoms. The topological polar surface area (TPSA) is 92.1 Å². The number of fused-ring (bicyclic) bond motifs is 1. The molecule has 35 heavy (non-hydrogen) atoms. The minimum absolute atomic E-state index is 0.00340. The molecule has 4 rings (SSSR count). The van der Waals surface area contributed by atoms with E-state index in [-0.39, 0.29) is 18.0 Å². The van der Waals surface area contributed by atoms with E-state index < -0.39 is 0 Å². The number of hydrogen-bond acceptors (Lipinski definition) is 6. The number of carbonyl (C=O) groups is 2. The maximum Gasteiger partial charge on any atom is 0.410 e. The van der Waals surface area contributed by atoms with Crippen LogP contribution in [0.4, 0.5) is 16.4 Å². The molecular weight excluding hydrogens is 444 g/mol. The molecule has 0 spiro atoms. The van der Waals surface area contributed by atoms with Crippen LogP contribution in [0.15, 0.2) is 48.7 Å². The molecule has 1 N–H and O–H groups in total. The molecule has 1 aliphatic rings. The number of pyridine rings is 1. The van der Waals surface area contributed by atoms with Gasteiger partial charge in [-0.25, -0.2) is 9.31 Å². The van der Waals surface area contributed by atoms with Gasteiger partial charge in [-0.05, 0) is 68.7 Å². The second kappa shape index (κ2) is 10.6. The fraction of sp³-hybridized carbons (Fsp3) is 0.385. The van der Waals surface area contributed by atoms with Crippen molar-refractivity contribution in [2.24, 2.45) is 0 Å². The zero-order chi connectivity index (χ0) is 24.9. The molecule has 0 saturated heterocycles. The summed E-state index contributed by atoms with van der Waals surface area (Å²) in [4.78, 5) is 32.8. The fourth-order valence-corrected chi connectivity index (χ4v) is 4.01. The number of hydrogen-bond donors (Lipinski definition) is 1. The highest BCUT2D eigenvalue weighted by atomic mass is 16.6. The monoisotopic (exact) mass is 476 g/mol. The smallest absolute Gasteiger partial charge is 0.410 e. The quantitative estimate of drug-likeness (QED) is 0.536. The summed E-state index contributed by atoms with van der Waals surface area (Å²) >= 11 is 0. The van der Waals surface area contributed by atoms with Crippen molar-refractivity contribution in [2.75, 3.05) is 32.1 Å². The Hall–Kier alpha value is -3.88. The van der Waals surface area contributed by atoms with E-state index in [4.69, 9.17) is 9.72 Å². The summed E-state index contributed by atoms with van der Waals surface area (Å²) in [5.74, 6) is 0.474. The van der Waals surface area contributed by atoms with Gasteiger partial charge >= 0.3 is 6.09 Å². The molecule has 9 nitrogen and oxygen atoms in total. The lowest BCUT2D eigenvalue weighted by Crippen LogP contribution is -2.35. The van der Waals surface area contributed by atoms with Crippen molar-refractivity contribution in [3.8, 4) is 0 Å². The molecule has 1 aliphatic heterocycles. The minimum atomic E-state index is -0.283. The lowest BCUT2D eigenvalue weighted by atomic mass is 10.0. The van der Waals surface area contributed by atoms with Crippen LogP contribution in [0.1, 0.15) is 49.5 Å². The van der Waals surface area contributed by atoms with Gasteiger partial charge in [0.1, 0.15) is 0 Å². The lowest BCUT2D eigenvalue weighted by Gasteiger charge is -2.25. The number of amides is 2. The van der Waals surface area contributed by atoms with E-state index in [0.29, 0.717) is 37.6 Å². The van der Waals surface area contributed by atoms with Gasteiger partial charge in [0.2, 0.25) is 5.95 Å². The maximum absolute atomic E-state index is 12.7. The first kappa shape index (κ1) is 24.3. The highest BCUT2D eigenvalue weighted by Crippen LogP contribution is 2.27. The Bertz CT molecular complexity index is 1230. The van der Waals surface area contributed by atoms with E-state index in [1.807, 2.05) is 62.6 Å². The van der Waals surface area contributed by atoms with Crippen molar-refractivity contribution in [3.63, 3.8) is 0 Å². The van der Waals surface area contributed by atoms with Crippen LogP contribution in [0.3, 0.4) is 0 Å². The van der Waals surface area contributed by atoms with E-state index in [1.54, 1.807) is 21.2 Å². The predicted molar refractivity (Wildman–Crippen MR) is 136 cm³/mol. The largest absolute Gasteiger partial charge is 0.450 e. The molecule has 3 aromatic rings. The molecule has 1 unspecified atom stereocenters. The minimum Gasteiger partial charge on any atom is -0.450 e. The van der Waals surface area contributed by atoms with Gasteiger partial charge in [-0.1, -0.05) is 13.0 Å². The Morgan fingerprint density at radius 1 is 1.20 bits per heavy atom. The molecule has 1 atom stereocenters. The van der Waals surface area contributed by atoms with E-state index in [9.17, 15) is 9.59 Å². The summed E-state index contributed by atoms with van der Waals surface area (Å²) in [5.41, 5.74) is 4.30. The van der Waals surface area contributed by atoms with Crippen molar-refractivity contribution < 1.29 is 14.3 Å². The number of nitrogens with one attached hydrogen (secondary N) is 1. The first-order valence-electron chi connectivity index (χ1n) is 12.0. The van der Waals surface area contributed by atoms with E-state index >= 15 is 0 Å². The van der Waals surface area contributed by atoms with Crippen molar-refractivity contribution in [1.82, 2.24) is 24.4 Å². The van der Waals surface area contributed by atoms with Gasteiger partial charge in [0, 0.05) is 49.2 Å². The Morgan fingerprint density at radius 2 is 1.97 bits per heavy atom. The molecule has 0 fully saturated rings. The fourth-order valence-electron chi connectivity index (χ4n) is 4.01. The van der Waals surface area contributed by atoms with Gasteiger partial charge in [-0.3, -0.25) is 4.79 Å². The van der Waals surface area contributed by atoms with Crippen LogP contribution in [0.25, 0.3) is 11.2 Å². The summed E-state index contributed by atoms with van der Waals surface area (Å²) in [7, 11) is 1.83. The molecule has 3 heterocycles. The van der Waals surface area contributed by atoms with Crippen LogP contribution in [0.5, 0.6) is 0 Å². The third kappa shape index (κ3) is 5.29. The van der Waals surface area contributed by atoms with E-state index in [1.165, 1.54) is 0 Å². The van der Waals surface area contributed by atoms with Crippen LogP contribution in [0.2, 0.25) is 0 Å². The molecule has 0 radical (unpaired) electrons. The molecule has 184 valence electrons. The summed E-state index contributed by atoms with van der Waals surface area (Å²) in [6, 6.07) is 11.5. The Kier molecular flexibility index (Phi) is 7.33. The molecule has 2 amide bonds. The molecular formula is C26H32N6O3. The number of nitrogens with zero attached hydrogens (tertiary/aromatic N) is 5. The summed E-state index contributed by atoms with van der Waals surface area (Å²) in [6.45, 7) is 7.39. The number of carbonyl (C=O) groups excluding carboxylic acids is 2. The van der Waals surface area contributed by atoms with E-state index in [2.05, 4.69) is 17.3 Å². The zero-order valence-electron chi connectivity index (χ0n) is 20.7. The Balaban J connectivity index is 1.49. The molecule has 0 bridgehead atoms. The Morgan fingerprint density at radius 3 is 2.63 bits per heavy atom. The van der Waals surface area contributed by atoms with Crippen molar-refractivity contribution in [2.45, 2.75) is 39.7 Å². The molecule has 1 aromatic carbocycles. The van der Waals surface area contributed by atoms with Gasteiger partial charge in [-0.15, -0.1) is 5.10 Å². The lowest BCUT2D eigenvalue weighted by molar-refractivity contribution is 0.0740. The van der Waals surface area contributed by atoms with Crippen LogP contribution >= 0.6 is 0 Å². The standard InChI is InChI=1S/C26H32N6O3/c1-5-18(3)30(4)24(33)20-9-11-21(12-10-20)27-25-28-23-22(8-7-15-32(23)29-25)19-13-16-31(17-14-19)26(34)35-6-2/h7-13,15,18H,5-6,14,16-17H2,1-4H3,(H,27,29). The van der Waals surface area contributed by atoms with Crippen molar-refractivity contribution in [3.05, 3.63) is 59.8 Å². The predicted octanol–water partition coefficient (Wildman–Crippen LogP) is 4.59.